The van der Waals surface area contributed by atoms with Crippen molar-refractivity contribution in [2.75, 3.05) is 41.5 Å². The highest BCUT2D eigenvalue weighted by molar-refractivity contribution is 7.09. The van der Waals surface area contributed by atoms with Gasteiger partial charge < -0.3 is 24.4 Å². The van der Waals surface area contributed by atoms with Crippen molar-refractivity contribution in [1.29, 1.82) is 0 Å². The number of methoxy groups -OCH3 is 2. The van der Waals surface area contributed by atoms with Crippen LogP contribution >= 0.6 is 11.3 Å². The molecule has 0 radical (unpaired) electrons. The van der Waals surface area contributed by atoms with Crippen molar-refractivity contribution in [3.05, 3.63) is 40.1 Å². The summed E-state index contributed by atoms with van der Waals surface area (Å²) in [6.07, 6.45) is 1.000. The predicted molar refractivity (Wildman–Crippen MR) is 112 cm³/mol. The van der Waals surface area contributed by atoms with Crippen molar-refractivity contribution in [1.82, 2.24) is 10.2 Å². The van der Waals surface area contributed by atoms with Crippen molar-refractivity contribution >= 4 is 17.3 Å². The molecule has 0 bridgehead atoms. The molecule has 2 rings (SSSR count). The van der Waals surface area contributed by atoms with E-state index in [1.807, 2.05) is 26.1 Å². The molecule has 1 aromatic heterocycles. The Balaban J connectivity index is 2.02. The van der Waals surface area contributed by atoms with Gasteiger partial charge in [0.15, 0.2) is 17.5 Å². The lowest BCUT2D eigenvalue weighted by molar-refractivity contribution is 0.288. The van der Waals surface area contributed by atoms with E-state index in [1.165, 1.54) is 4.88 Å². The molecule has 2 aromatic rings. The highest BCUT2D eigenvalue weighted by Crippen LogP contribution is 2.38. The fraction of sp³-hybridized carbons (Fsp3) is 0.450. The standard InChI is InChI=1S/C20H29N3O3S/c1-6-26-19-17(24-4)12-15(13-18(19)25-5)14-22-20(21-2)23(3)10-9-16-8-7-11-27-16/h7-8,11-13H,6,9-10,14H2,1-5H3,(H,21,22). The van der Waals surface area contributed by atoms with E-state index in [1.54, 1.807) is 32.6 Å². The minimum absolute atomic E-state index is 0.548. The SMILES string of the molecule is CCOc1c(OC)cc(CNC(=NC)N(C)CCc2cccs2)cc1OC. The number of thiophene rings is 1. The first-order valence-corrected chi connectivity index (χ1v) is 9.82. The van der Waals surface area contributed by atoms with Gasteiger partial charge in [-0.2, -0.15) is 0 Å². The number of nitrogens with one attached hydrogen (secondary N) is 1. The molecule has 0 fully saturated rings. The zero-order valence-corrected chi connectivity index (χ0v) is 17.6. The number of benzene rings is 1. The molecule has 0 spiro atoms. The quantitative estimate of drug-likeness (QED) is 0.524. The van der Waals surface area contributed by atoms with Crippen LogP contribution in [0.3, 0.4) is 0 Å². The van der Waals surface area contributed by atoms with Crippen LogP contribution in [0.25, 0.3) is 0 Å². The zero-order valence-electron chi connectivity index (χ0n) is 16.7. The van der Waals surface area contributed by atoms with Gasteiger partial charge in [-0.1, -0.05) is 6.07 Å². The number of ether oxygens (including phenoxy) is 3. The van der Waals surface area contributed by atoms with Crippen molar-refractivity contribution in [2.24, 2.45) is 4.99 Å². The van der Waals surface area contributed by atoms with Gasteiger partial charge in [-0.15, -0.1) is 11.3 Å². The molecule has 1 heterocycles. The molecule has 6 nitrogen and oxygen atoms in total. The van der Waals surface area contributed by atoms with Gasteiger partial charge in [0.2, 0.25) is 5.75 Å². The van der Waals surface area contributed by atoms with Crippen LogP contribution in [0.4, 0.5) is 0 Å². The second-order valence-electron chi connectivity index (χ2n) is 5.91. The first-order valence-electron chi connectivity index (χ1n) is 8.94. The summed E-state index contributed by atoms with van der Waals surface area (Å²) in [7, 11) is 7.10. The van der Waals surface area contributed by atoms with Crippen LogP contribution in [-0.4, -0.2) is 52.3 Å². The Morgan fingerprint density at radius 1 is 1.22 bits per heavy atom. The summed E-state index contributed by atoms with van der Waals surface area (Å²) < 4.78 is 16.6. The van der Waals surface area contributed by atoms with Gasteiger partial charge in [-0.25, -0.2) is 0 Å². The fourth-order valence-electron chi connectivity index (χ4n) is 2.73. The summed E-state index contributed by atoms with van der Waals surface area (Å²) in [6, 6.07) is 8.16. The van der Waals surface area contributed by atoms with Gasteiger partial charge in [0.1, 0.15) is 0 Å². The number of aliphatic imine (C=N–C) groups is 1. The number of rotatable bonds is 9. The van der Waals surface area contributed by atoms with Crippen molar-refractivity contribution in [2.45, 2.75) is 19.9 Å². The average Bonchev–Trinajstić information content (AvgIpc) is 3.21. The van der Waals surface area contributed by atoms with Crippen LogP contribution < -0.4 is 19.5 Å². The van der Waals surface area contributed by atoms with E-state index >= 15 is 0 Å². The Kier molecular flexibility index (Phi) is 8.26. The third-order valence-corrected chi connectivity index (χ3v) is 5.04. The van der Waals surface area contributed by atoms with E-state index in [4.69, 9.17) is 14.2 Å². The summed E-state index contributed by atoms with van der Waals surface area (Å²) in [4.78, 5) is 7.88. The van der Waals surface area contributed by atoms with Crippen LogP contribution in [0.2, 0.25) is 0 Å². The topological polar surface area (TPSA) is 55.3 Å². The summed E-state index contributed by atoms with van der Waals surface area (Å²) in [5.41, 5.74) is 1.03. The number of nitrogens with zero attached hydrogens (tertiary/aromatic N) is 2. The summed E-state index contributed by atoms with van der Waals surface area (Å²) in [5.74, 6) is 2.80. The number of hydrogen-bond donors (Lipinski definition) is 1. The van der Waals surface area contributed by atoms with Crippen LogP contribution in [0.5, 0.6) is 17.2 Å². The average molecular weight is 392 g/mol. The number of hydrogen-bond acceptors (Lipinski definition) is 5. The molecule has 7 heteroatoms. The molecule has 0 unspecified atom stereocenters. The largest absolute Gasteiger partial charge is 0.493 e. The van der Waals surface area contributed by atoms with Crippen LogP contribution in [0.1, 0.15) is 17.4 Å². The lowest BCUT2D eigenvalue weighted by Gasteiger charge is -2.22. The molecule has 0 saturated heterocycles. The van der Waals surface area contributed by atoms with Gasteiger partial charge in [0.25, 0.3) is 0 Å². The fourth-order valence-corrected chi connectivity index (χ4v) is 3.43. The first-order chi connectivity index (χ1) is 13.1. The van der Waals surface area contributed by atoms with E-state index < -0.39 is 0 Å². The Hall–Kier alpha value is -2.41. The molecule has 1 aromatic carbocycles. The van der Waals surface area contributed by atoms with E-state index in [0.717, 1.165) is 24.5 Å². The molecular formula is C20H29N3O3S. The molecule has 0 saturated carbocycles. The minimum Gasteiger partial charge on any atom is -0.493 e. The van der Waals surface area contributed by atoms with Gasteiger partial charge >= 0.3 is 0 Å². The van der Waals surface area contributed by atoms with E-state index in [-0.39, 0.29) is 0 Å². The molecule has 1 N–H and O–H groups in total. The monoisotopic (exact) mass is 391 g/mol. The number of guanidine groups is 1. The molecule has 0 aliphatic heterocycles. The lowest BCUT2D eigenvalue weighted by Crippen LogP contribution is -2.39. The lowest BCUT2D eigenvalue weighted by atomic mass is 10.1. The highest BCUT2D eigenvalue weighted by Gasteiger charge is 2.14. The van der Waals surface area contributed by atoms with E-state index in [2.05, 4.69) is 32.7 Å². The minimum atomic E-state index is 0.548. The summed E-state index contributed by atoms with van der Waals surface area (Å²) in [5, 5.41) is 5.50. The van der Waals surface area contributed by atoms with Crippen LogP contribution in [0, 0.1) is 0 Å². The summed E-state index contributed by atoms with van der Waals surface area (Å²) in [6.45, 7) is 3.99. The van der Waals surface area contributed by atoms with Gasteiger partial charge in [-0.3, -0.25) is 4.99 Å². The molecule has 0 aliphatic carbocycles. The van der Waals surface area contributed by atoms with Crippen molar-refractivity contribution in [3.8, 4) is 17.2 Å². The molecular weight excluding hydrogens is 362 g/mol. The van der Waals surface area contributed by atoms with E-state index in [0.29, 0.717) is 30.4 Å². The van der Waals surface area contributed by atoms with Gasteiger partial charge in [-0.05, 0) is 42.5 Å². The smallest absolute Gasteiger partial charge is 0.203 e. The molecule has 0 atom stereocenters. The van der Waals surface area contributed by atoms with Crippen LogP contribution in [-0.2, 0) is 13.0 Å². The van der Waals surface area contributed by atoms with Gasteiger partial charge in [0, 0.05) is 32.1 Å². The van der Waals surface area contributed by atoms with Gasteiger partial charge in [0.05, 0.1) is 20.8 Å². The Morgan fingerprint density at radius 2 is 1.93 bits per heavy atom. The molecule has 27 heavy (non-hydrogen) atoms. The van der Waals surface area contributed by atoms with E-state index in [9.17, 15) is 0 Å². The Morgan fingerprint density at radius 3 is 2.44 bits per heavy atom. The maximum Gasteiger partial charge on any atom is 0.203 e. The Bertz CT molecular complexity index is 707. The van der Waals surface area contributed by atoms with Crippen molar-refractivity contribution in [3.63, 3.8) is 0 Å². The Labute approximate surface area is 165 Å². The second-order valence-corrected chi connectivity index (χ2v) is 6.95. The normalized spacial score (nSPS) is 11.2. The van der Waals surface area contributed by atoms with Crippen LogP contribution in [0.15, 0.2) is 34.6 Å². The van der Waals surface area contributed by atoms with Crippen molar-refractivity contribution < 1.29 is 14.2 Å². The third kappa shape index (κ3) is 5.79. The molecule has 148 valence electrons. The number of likely N-dealkylation sites (N-methyl/N-ethyl adjacent to an activating group) is 1. The third-order valence-electron chi connectivity index (χ3n) is 4.11. The first kappa shape index (κ1) is 20.9. The summed E-state index contributed by atoms with van der Waals surface area (Å²) >= 11 is 1.78. The molecule has 0 amide bonds. The second kappa shape index (κ2) is 10.7. The highest BCUT2D eigenvalue weighted by atomic mass is 32.1. The zero-order chi connectivity index (χ0) is 19.6. The molecule has 0 aliphatic rings. The maximum absolute atomic E-state index is 5.66. The predicted octanol–water partition coefficient (Wildman–Crippen LogP) is 3.41. The maximum atomic E-state index is 5.66.